The molecule has 1 aromatic heterocycles. The van der Waals surface area contributed by atoms with Gasteiger partial charge >= 0.3 is 0 Å². The first-order chi connectivity index (χ1) is 9.95. The number of hydrogen-bond acceptors (Lipinski definition) is 3. The highest BCUT2D eigenvalue weighted by atomic mass is 32.1. The Labute approximate surface area is 130 Å². The molecule has 0 saturated heterocycles. The van der Waals surface area contributed by atoms with Crippen LogP contribution < -0.4 is 4.74 Å². The van der Waals surface area contributed by atoms with Gasteiger partial charge < -0.3 is 4.74 Å². The molecule has 0 N–H and O–H groups in total. The second-order valence-corrected chi connectivity index (χ2v) is 6.72. The van der Waals surface area contributed by atoms with Crippen molar-refractivity contribution in [3.63, 3.8) is 0 Å². The van der Waals surface area contributed by atoms with Crippen molar-refractivity contribution in [3.05, 3.63) is 57.3 Å². The van der Waals surface area contributed by atoms with E-state index >= 15 is 0 Å². The number of ketones is 1. The van der Waals surface area contributed by atoms with Crippen LogP contribution in [0.2, 0.25) is 0 Å². The van der Waals surface area contributed by atoms with Crippen molar-refractivity contribution in [1.29, 1.82) is 0 Å². The van der Waals surface area contributed by atoms with Gasteiger partial charge in [-0.15, -0.1) is 11.3 Å². The summed E-state index contributed by atoms with van der Waals surface area (Å²) < 4.78 is 5.59. The molecule has 21 heavy (non-hydrogen) atoms. The molecule has 1 aromatic carbocycles. The Morgan fingerprint density at radius 2 is 1.86 bits per heavy atom. The van der Waals surface area contributed by atoms with Crippen LogP contribution in [0.1, 0.15) is 39.5 Å². The zero-order valence-electron chi connectivity index (χ0n) is 12.8. The number of benzene rings is 1. The summed E-state index contributed by atoms with van der Waals surface area (Å²) in [5.41, 5.74) is 1.79. The molecule has 0 unspecified atom stereocenters. The lowest BCUT2D eigenvalue weighted by Gasteiger charge is -2.09. The van der Waals surface area contributed by atoms with Gasteiger partial charge in [0.15, 0.2) is 5.78 Å². The number of ether oxygens (including phenoxy) is 1. The smallest absolute Gasteiger partial charge is 0.186 e. The summed E-state index contributed by atoms with van der Waals surface area (Å²) in [7, 11) is 0. The third-order valence-electron chi connectivity index (χ3n) is 2.99. The van der Waals surface area contributed by atoms with Gasteiger partial charge in [-0.05, 0) is 57.5 Å². The fourth-order valence-electron chi connectivity index (χ4n) is 2.07. The maximum atomic E-state index is 12.2. The molecule has 110 valence electrons. The number of hydrogen-bond donors (Lipinski definition) is 0. The van der Waals surface area contributed by atoms with Gasteiger partial charge in [-0.2, -0.15) is 0 Å². The van der Waals surface area contributed by atoms with Crippen molar-refractivity contribution in [2.45, 2.75) is 33.8 Å². The van der Waals surface area contributed by atoms with E-state index in [1.165, 1.54) is 4.88 Å². The van der Waals surface area contributed by atoms with E-state index in [4.69, 9.17) is 4.74 Å². The minimum absolute atomic E-state index is 0.0550. The summed E-state index contributed by atoms with van der Waals surface area (Å²) in [6, 6.07) is 9.70. The lowest BCUT2D eigenvalue weighted by Crippen LogP contribution is -2.05. The molecule has 0 radical (unpaired) electrons. The van der Waals surface area contributed by atoms with Crippen molar-refractivity contribution in [2.75, 3.05) is 0 Å². The lowest BCUT2D eigenvalue weighted by molar-refractivity contribution is 0.104. The summed E-state index contributed by atoms with van der Waals surface area (Å²) in [6.45, 7) is 8.00. The van der Waals surface area contributed by atoms with E-state index in [0.29, 0.717) is 0 Å². The normalized spacial score (nSPS) is 11.3. The van der Waals surface area contributed by atoms with Crippen LogP contribution in [0.5, 0.6) is 5.75 Å². The molecule has 0 aliphatic carbocycles. The number of rotatable bonds is 5. The van der Waals surface area contributed by atoms with Gasteiger partial charge in [0.1, 0.15) is 5.75 Å². The Hall–Kier alpha value is -1.87. The molecule has 2 nitrogen and oxygen atoms in total. The van der Waals surface area contributed by atoms with Crippen molar-refractivity contribution < 1.29 is 9.53 Å². The summed E-state index contributed by atoms with van der Waals surface area (Å²) in [6.07, 6.45) is 3.64. The summed E-state index contributed by atoms with van der Waals surface area (Å²) in [5.74, 6) is 0.900. The lowest BCUT2D eigenvalue weighted by atomic mass is 10.1. The van der Waals surface area contributed by atoms with Gasteiger partial charge in [0.2, 0.25) is 0 Å². The highest BCUT2D eigenvalue weighted by Gasteiger charge is 2.08. The standard InChI is InChI=1S/C18H20O2S/c1-12(2)20-16-8-5-15(6-9-16)7-10-18(19)17-11-13(3)21-14(17)4/h5-12H,1-4H3/b10-7+. The molecular weight excluding hydrogens is 280 g/mol. The topological polar surface area (TPSA) is 26.3 Å². The van der Waals surface area contributed by atoms with Crippen LogP contribution in [0.15, 0.2) is 36.4 Å². The van der Waals surface area contributed by atoms with Gasteiger partial charge in [-0.1, -0.05) is 18.2 Å². The van der Waals surface area contributed by atoms with Gasteiger partial charge in [-0.3, -0.25) is 4.79 Å². The van der Waals surface area contributed by atoms with Gasteiger partial charge in [0.25, 0.3) is 0 Å². The Morgan fingerprint density at radius 1 is 1.19 bits per heavy atom. The Kier molecular flexibility index (Phi) is 4.97. The molecule has 0 atom stereocenters. The highest BCUT2D eigenvalue weighted by molar-refractivity contribution is 7.12. The summed E-state index contributed by atoms with van der Waals surface area (Å²) >= 11 is 1.66. The minimum Gasteiger partial charge on any atom is -0.491 e. The molecule has 2 aromatic rings. The van der Waals surface area contributed by atoms with Crippen LogP contribution in [0.4, 0.5) is 0 Å². The predicted molar refractivity (Wildman–Crippen MR) is 89.4 cm³/mol. The first-order valence-corrected chi connectivity index (χ1v) is 7.83. The first-order valence-electron chi connectivity index (χ1n) is 7.02. The van der Waals surface area contributed by atoms with E-state index in [0.717, 1.165) is 21.8 Å². The molecule has 0 amide bonds. The molecule has 0 aliphatic rings. The van der Waals surface area contributed by atoms with Crippen LogP contribution in [0.3, 0.4) is 0 Å². The average molecular weight is 300 g/mol. The second-order valence-electron chi connectivity index (χ2n) is 5.26. The Morgan fingerprint density at radius 3 is 2.38 bits per heavy atom. The zero-order chi connectivity index (χ0) is 15.4. The molecule has 3 heteroatoms. The van der Waals surface area contributed by atoms with Gasteiger partial charge in [0, 0.05) is 15.3 Å². The third-order valence-corrected chi connectivity index (χ3v) is 3.95. The molecule has 0 aliphatic heterocycles. The fourth-order valence-corrected chi connectivity index (χ4v) is 3.00. The number of allylic oxidation sites excluding steroid dienone is 1. The number of thiophene rings is 1. The van der Waals surface area contributed by atoms with E-state index in [1.807, 2.05) is 64.1 Å². The largest absolute Gasteiger partial charge is 0.491 e. The van der Waals surface area contributed by atoms with Crippen molar-refractivity contribution in [2.24, 2.45) is 0 Å². The van der Waals surface area contributed by atoms with Crippen molar-refractivity contribution >= 4 is 23.2 Å². The van der Waals surface area contributed by atoms with E-state index < -0.39 is 0 Å². The molecular formula is C18H20O2S. The predicted octanol–water partition coefficient (Wildman–Crippen LogP) is 5.05. The first kappa shape index (κ1) is 15.5. The molecule has 0 saturated carbocycles. The summed E-state index contributed by atoms with van der Waals surface area (Å²) in [5, 5.41) is 0. The van der Waals surface area contributed by atoms with Crippen LogP contribution in [0.25, 0.3) is 6.08 Å². The van der Waals surface area contributed by atoms with E-state index in [2.05, 4.69) is 0 Å². The van der Waals surface area contributed by atoms with Crippen molar-refractivity contribution in [1.82, 2.24) is 0 Å². The van der Waals surface area contributed by atoms with E-state index in [-0.39, 0.29) is 11.9 Å². The van der Waals surface area contributed by atoms with E-state index in [1.54, 1.807) is 17.4 Å². The SMILES string of the molecule is Cc1cc(C(=O)/C=C/c2ccc(OC(C)C)cc2)c(C)s1. The van der Waals surface area contributed by atoms with Gasteiger partial charge in [0.05, 0.1) is 6.10 Å². The van der Waals surface area contributed by atoms with Crippen LogP contribution in [-0.4, -0.2) is 11.9 Å². The number of aryl methyl sites for hydroxylation is 2. The highest BCUT2D eigenvalue weighted by Crippen LogP contribution is 2.22. The molecule has 0 spiro atoms. The Bertz CT molecular complexity index is 648. The fraction of sp³-hybridized carbons (Fsp3) is 0.278. The number of carbonyl (C=O) groups is 1. The van der Waals surface area contributed by atoms with Gasteiger partial charge in [-0.25, -0.2) is 0 Å². The second kappa shape index (κ2) is 6.72. The maximum absolute atomic E-state index is 12.2. The zero-order valence-corrected chi connectivity index (χ0v) is 13.7. The number of carbonyl (C=O) groups excluding carboxylic acids is 1. The third kappa shape index (κ3) is 4.30. The van der Waals surface area contributed by atoms with Crippen LogP contribution in [0, 0.1) is 13.8 Å². The molecule has 0 fully saturated rings. The molecule has 0 bridgehead atoms. The van der Waals surface area contributed by atoms with Crippen molar-refractivity contribution in [3.8, 4) is 5.75 Å². The Balaban J connectivity index is 2.07. The monoisotopic (exact) mass is 300 g/mol. The minimum atomic E-state index is 0.0550. The average Bonchev–Trinajstić information content (AvgIpc) is 2.76. The van der Waals surface area contributed by atoms with Crippen LogP contribution >= 0.6 is 11.3 Å². The quantitative estimate of drug-likeness (QED) is 0.570. The molecule has 2 rings (SSSR count). The maximum Gasteiger partial charge on any atom is 0.186 e. The summed E-state index contributed by atoms with van der Waals surface area (Å²) in [4.78, 5) is 14.4. The molecule has 1 heterocycles. The van der Waals surface area contributed by atoms with E-state index in [9.17, 15) is 4.79 Å². The van der Waals surface area contributed by atoms with Crippen LogP contribution in [-0.2, 0) is 0 Å².